The SMILES string of the molecule is CCOCC(O)C1CCCOC1. The number of hydrogen-bond donors (Lipinski definition) is 1. The van der Waals surface area contributed by atoms with Crippen molar-refractivity contribution in [1.82, 2.24) is 0 Å². The largest absolute Gasteiger partial charge is 0.390 e. The Hall–Kier alpha value is -0.120. The summed E-state index contributed by atoms with van der Waals surface area (Å²) in [7, 11) is 0. The molecule has 0 spiro atoms. The molecule has 0 bridgehead atoms. The average Bonchev–Trinajstić information content (AvgIpc) is 2.15. The first-order chi connectivity index (χ1) is 5.84. The Labute approximate surface area is 73.7 Å². The minimum Gasteiger partial charge on any atom is -0.390 e. The zero-order valence-electron chi connectivity index (χ0n) is 7.66. The van der Waals surface area contributed by atoms with E-state index in [4.69, 9.17) is 9.47 Å². The quantitative estimate of drug-likeness (QED) is 0.685. The highest BCUT2D eigenvalue weighted by molar-refractivity contribution is 4.70. The maximum atomic E-state index is 9.60. The van der Waals surface area contributed by atoms with Crippen molar-refractivity contribution < 1.29 is 14.6 Å². The minimum atomic E-state index is -0.342. The molecule has 1 aliphatic heterocycles. The second-order valence-corrected chi connectivity index (χ2v) is 3.20. The molecule has 2 atom stereocenters. The van der Waals surface area contributed by atoms with Crippen LogP contribution in [0.2, 0.25) is 0 Å². The molecule has 72 valence electrons. The van der Waals surface area contributed by atoms with Crippen LogP contribution in [-0.2, 0) is 9.47 Å². The third-order valence-corrected chi connectivity index (χ3v) is 2.23. The molecule has 0 aliphatic carbocycles. The smallest absolute Gasteiger partial charge is 0.0823 e. The molecule has 2 unspecified atom stereocenters. The van der Waals surface area contributed by atoms with Gasteiger partial charge in [0.25, 0.3) is 0 Å². The van der Waals surface area contributed by atoms with Gasteiger partial charge in [-0.15, -0.1) is 0 Å². The molecule has 3 nitrogen and oxygen atoms in total. The predicted molar refractivity (Wildman–Crippen MR) is 46.0 cm³/mol. The lowest BCUT2D eigenvalue weighted by Gasteiger charge is -2.26. The Morgan fingerprint density at radius 2 is 2.50 bits per heavy atom. The lowest BCUT2D eigenvalue weighted by atomic mass is 9.96. The Kier molecular flexibility index (Phi) is 4.58. The van der Waals surface area contributed by atoms with E-state index in [1.807, 2.05) is 6.92 Å². The maximum Gasteiger partial charge on any atom is 0.0823 e. The molecule has 0 saturated carbocycles. The van der Waals surface area contributed by atoms with Crippen LogP contribution in [0.4, 0.5) is 0 Å². The highest BCUT2D eigenvalue weighted by atomic mass is 16.5. The first-order valence-electron chi connectivity index (χ1n) is 4.68. The molecular formula is C9H18O3. The van der Waals surface area contributed by atoms with Gasteiger partial charge in [-0.1, -0.05) is 0 Å². The van der Waals surface area contributed by atoms with Crippen LogP contribution in [0, 0.1) is 5.92 Å². The zero-order valence-corrected chi connectivity index (χ0v) is 7.66. The Bertz CT molecular complexity index is 110. The first kappa shape index (κ1) is 9.96. The molecule has 1 N–H and O–H groups in total. The van der Waals surface area contributed by atoms with E-state index in [2.05, 4.69) is 0 Å². The van der Waals surface area contributed by atoms with E-state index in [-0.39, 0.29) is 12.0 Å². The Balaban J connectivity index is 2.15. The fraction of sp³-hybridized carbons (Fsp3) is 1.00. The molecule has 1 saturated heterocycles. The highest BCUT2D eigenvalue weighted by Crippen LogP contribution is 2.17. The second kappa shape index (κ2) is 5.51. The van der Waals surface area contributed by atoms with Gasteiger partial charge in [0.05, 0.1) is 19.3 Å². The molecule has 0 aromatic heterocycles. The van der Waals surface area contributed by atoms with Gasteiger partial charge in [-0.2, -0.15) is 0 Å². The van der Waals surface area contributed by atoms with Gasteiger partial charge in [0.2, 0.25) is 0 Å². The summed E-state index contributed by atoms with van der Waals surface area (Å²) in [6.45, 7) is 4.59. The van der Waals surface area contributed by atoms with Crippen LogP contribution in [-0.4, -0.2) is 37.6 Å². The predicted octanol–water partition coefficient (Wildman–Crippen LogP) is 0.810. The number of ether oxygens (including phenoxy) is 2. The summed E-state index contributed by atoms with van der Waals surface area (Å²) in [5.74, 6) is 0.283. The van der Waals surface area contributed by atoms with Crippen molar-refractivity contribution >= 4 is 0 Å². The van der Waals surface area contributed by atoms with E-state index in [1.165, 1.54) is 0 Å². The number of aliphatic hydroxyl groups excluding tert-OH is 1. The van der Waals surface area contributed by atoms with Gasteiger partial charge in [-0.3, -0.25) is 0 Å². The van der Waals surface area contributed by atoms with Gasteiger partial charge in [0.15, 0.2) is 0 Å². The summed E-state index contributed by atoms with van der Waals surface area (Å²) < 4.78 is 10.4. The third-order valence-electron chi connectivity index (χ3n) is 2.23. The molecule has 1 fully saturated rings. The van der Waals surface area contributed by atoms with Crippen LogP contribution in [0.3, 0.4) is 0 Å². The summed E-state index contributed by atoms with van der Waals surface area (Å²) in [5.41, 5.74) is 0. The van der Waals surface area contributed by atoms with Gasteiger partial charge in [0.1, 0.15) is 0 Å². The number of aliphatic hydroxyl groups is 1. The van der Waals surface area contributed by atoms with Crippen LogP contribution in [0.15, 0.2) is 0 Å². The van der Waals surface area contributed by atoms with Gasteiger partial charge >= 0.3 is 0 Å². The van der Waals surface area contributed by atoms with E-state index >= 15 is 0 Å². The van der Waals surface area contributed by atoms with Crippen LogP contribution < -0.4 is 0 Å². The van der Waals surface area contributed by atoms with Gasteiger partial charge in [-0.25, -0.2) is 0 Å². The summed E-state index contributed by atoms with van der Waals surface area (Å²) in [5, 5.41) is 9.60. The third kappa shape index (κ3) is 3.09. The zero-order chi connectivity index (χ0) is 8.81. The van der Waals surface area contributed by atoms with Crippen molar-refractivity contribution in [3.8, 4) is 0 Å². The van der Waals surface area contributed by atoms with E-state index in [9.17, 15) is 5.11 Å². The normalized spacial score (nSPS) is 27.0. The molecule has 0 radical (unpaired) electrons. The van der Waals surface area contributed by atoms with E-state index in [0.717, 1.165) is 19.4 Å². The van der Waals surface area contributed by atoms with Crippen LogP contribution >= 0.6 is 0 Å². The summed E-state index contributed by atoms with van der Waals surface area (Å²) in [4.78, 5) is 0. The van der Waals surface area contributed by atoms with Gasteiger partial charge < -0.3 is 14.6 Å². The molecule has 12 heavy (non-hydrogen) atoms. The number of hydrogen-bond acceptors (Lipinski definition) is 3. The van der Waals surface area contributed by atoms with Crippen LogP contribution in [0.1, 0.15) is 19.8 Å². The van der Waals surface area contributed by atoms with Gasteiger partial charge in [0, 0.05) is 19.1 Å². The molecule has 1 heterocycles. The summed E-state index contributed by atoms with van der Waals surface area (Å²) in [6.07, 6.45) is 1.78. The lowest BCUT2D eigenvalue weighted by Crippen LogP contribution is -2.32. The molecule has 1 rings (SSSR count). The van der Waals surface area contributed by atoms with Crippen molar-refractivity contribution in [2.24, 2.45) is 5.92 Å². The summed E-state index contributed by atoms with van der Waals surface area (Å²) >= 11 is 0. The molecule has 0 aromatic carbocycles. The molecule has 0 aromatic rings. The summed E-state index contributed by atoms with van der Waals surface area (Å²) in [6, 6.07) is 0. The second-order valence-electron chi connectivity index (χ2n) is 3.20. The van der Waals surface area contributed by atoms with Gasteiger partial charge in [-0.05, 0) is 19.8 Å². The standard InChI is InChI=1S/C9H18O3/c1-2-11-7-9(10)8-4-3-5-12-6-8/h8-10H,2-7H2,1H3. The van der Waals surface area contributed by atoms with Crippen molar-refractivity contribution in [2.45, 2.75) is 25.9 Å². The van der Waals surface area contributed by atoms with Crippen LogP contribution in [0.5, 0.6) is 0 Å². The molecule has 0 amide bonds. The molecular weight excluding hydrogens is 156 g/mol. The van der Waals surface area contributed by atoms with Crippen molar-refractivity contribution in [2.75, 3.05) is 26.4 Å². The highest BCUT2D eigenvalue weighted by Gasteiger charge is 2.21. The average molecular weight is 174 g/mol. The van der Waals surface area contributed by atoms with Crippen LogP contribution in [0.25, 0.3) is 0 Å². The van der Waals surface area contributed by atoms with E-state index in [0.29, 0.717) is 19.8 Å². The Morgan fingerprint density at radius 1 is 1.67 bits per heavy atom. The maximum absolute atomic E-state index is 9.60. The Morgan fingerprint density at radius 3 is 3.08 bits per heavy atom. The van der Waals surface area contributed by atoms with E-state index < -0.39 is 0 Å². The topological polar surface area (TPSA) is 38.7 Å². The van der Waals surface area contributed by atoms with Crippen molar-refractivity contribution in [3.63, 3.8) is 0 Å². The monoisotopic (exact) mass is 174 g/mol. The minimum absolute atomic E-state index is 0.283. The van der Waals surface area contributed by atoms with Crippen molar-refractivity contribution in [1.29, 1.82) is 0 Å². The van der Waals surface area contributed by atoms with Crippen molar-refractivity contribution in [3.05, 3.63) is 0 Å². The van der Waals surface area contributed by atoms with E-state index in [1.54, 1.807) is 0 Å². The first-order valence-corrected chi connectivity index (χ1v) is 4.68. The lowest BCUT2D eigenvalue weighted by molar-refractivity contribution is -0.0449. The number of rotatable bonds is 4. The molecule has 3 heteroatoms. The molecule has 1 aliphatic rings. The fourth-order valence-electron chi connectivity index (χ4n) is 1.44. The fourth-order valence-corrected chi connectivity index (χ4v) is 1.44.